The molecule has 0 saturated carbocycles. The summed E-state index contributed by atoms with van der Waals surface area (Å²) in [6.07, 6.45) is 2.83. The molecule has 2 heterocycles. The van der Waals surface area contributed by atoms with Crippen molar-refractivity contribution in [2.75, 3.05) is 26.2 Å². The van der Waals surface area contributed by atoms with Crippen molar-refractivity contribution in [3.63, 3.8) is 0 Å². The fraction of sp³-hybridized carbons (Fsp3) is 0.361. The maximum atomic E-state index is 13.0. The number of carbonyl (C=O) groups is 3. The molecule has 3 aromatic carbocycles. The molecule has 0 amide bonds. The molecule has 0 fully saturated rings. The molecule has 2 aliphatic heterocycles. The normalized spacial score (nSPS) is 18.1. The molecule has 0 radical (unpaired) electrons. The van der Waals surface area contributed by atoms with Crippen LogP contribution in [0.2, 0.25) is 0 Å². The average molecular weight is 648 g/mol. The predicted octanol–water partition coefficient (Wildman–Crippen LogP) is 6.38. The Morgan fingerprint density at radius 1 is 0.804 bits per heavy atom. The van der Waals surface area contributed by atoms with E-state index in [1.807, 2.05) is 54.6 Å². The highest BCUT2D eigenvalue weighted by molar-refractivity contribution is 6.53. The van der Waals surface area contributed by atoms with E-state index >= 15 is 0 Å². The van der Waals surface area contributed by atoms with Crippen LogP contribution in [0.15, 0.2) is 66.7 Å². The molecule has 46 heavy (non-hydrogen) atoms. The maximum absolute atomic E-state index is 13.0. The molecule has 0 spiro atoms. The van der Waals surface area contributed by atoms with E-state index in [2.05, 4.69) is 18.7 Å². The largest absolute Gasteiger partial charge is 0.494 e. The first kappa shape index (κ1) is 33.2. The smallest absolute Gasteiger partial charge is 0.345 e. The number of ether oxygens (including phenoxy) is 4. The van der Waals surface area contributed by atoms with Crippen LogP contribution in [-0.2, 0) is 14.4 Å². The average Bonchev–Trinajstić information content (AvgIpc) is 3.04. The standard InChI is InChI=1S/C36H38ClNO8/c1-3-38(4-2)20-10-5-6-11-21-43-26-16-14-24(15-17-26)31(32(37)25-12-8-7-9-13-25)27-18-19-28-34-33(27)45-30(40)23-36(42,35(41)46-34)22-29(39)44-28/h7-9,12-19,42H,3-6,10-11,20-23H2,1-2H3/b32-31+. The summed E-state index contributed by atoms with van der Waals surface area (Å²) in [4.78, 5) is 40.9. The number of carbonyl (C=O) groups excluding carboxylic acids is 3. The van der Waals surface area contributed by atoms with Gasteiger partial charge in [0, 0.05) is 11.1 Å². The topological polar surface area (TPSA) is 112 Å². The molecule has 0 aromatic heterocycles. The molecule has 2 bridgehead atoms. The Morgan fingerprint density at radius 2 is 1.48 bits per heavy atom. The van der Waals surface area contributed by atoms with E-state index < -0.39 is 36.4 Å². The third-order valence-corrected chi connectivity index (χ3v) is 8.56. The Bertz CT molecular complexity index is 1600. The summed E-state index contributed by atoms with van der Waals surface area (Å²) in [6, 6.07) is 19.6. The molecule has 1 N–H and O–H groups in total. The number of hydrogen-bond acceptors (Lipinski definition) is 9. The first-order chi connectivity index (χ1) is 22.2. The van der Waals surface area contributed by atoms with Crippen molar-refractivity contribution in [3.8, 4) is 23.0 Å². The van der Waals surface area contributed by atoms with Crippen molar-refractivity contribution < 1.29 is 38.4 Å². The van der Waals surface area contributed by atoms with E-state index in [0.29, 0.717) is 39.7 Å². The third kappa shape index (κ3) is 7.61. The number of nitrogens with zero attached hydrogens (tertiary/aromatic N) is 1. The van der Waals surface area contributed by atoms with Crippen LogP contribution in [0.1, 0.15) is 69.1 Å². The van der Waals surface area contributed by atoms with Crippen molar-refractivity contribution in [2.24, 2.45) is 0 Å². The summed E-state index contributed by atoms with van der Waals surface area (Å²) < 4.78 is 22.6. The Kier molecular flexibility index (Phi) is 10.8. The van der Waals surface area contributed by atoms with Gasteiger partial charge in [-0.05, 0) is 67.9 Å². The summed E-state index contributed by atoms with van der Waals surface area (Å²) in [7, 11) is 0. The van der Waals surface area contributed by atoms with Gasteiger partial charge in [0.15, 0.2) is 17.1 Å². The van der Waals surface area contributed by atoms with Crippen molar-refractivity contribution in [1.82, 2.24) is 4.90 Å². The van der Waals surface area contributed by atoms with Gasteiger partial charge in [-0.15, -0.1) is 0 Å². The first-order valence-corrected chi connectivity index (χ1v) is 16.0. The van der Waals surface area contributed by atoms with E-state index in [4.69, 9.17) is 30.5 Å². The zero-order chi connectivity index (χ0) is 32.7. The minimum atomic E-state index is -2.42. The molecule has 2 aliphatic rings. The Labute approximate surface area is 273 Å². The lowest BCUT2D eigenvalue weighted by Gasteiger charge is -2.30. The summed E-state index contributed by atoms with van der Waals surface area (Å²) in [5.74, 6) is -2.83. The molecule has 9 nitrogen and oxygen atoms in total. The molecular weight excluding hydrogens is 610 g/mol. The maximum Gasteiger partial charge on any atom is 0.345 e. The van der Waals surface area contributed by atoms with Gasteiger partial charge >= 0.3 is 17.9 Å². The summed E-state index contributed by atoms with van der Waals surface area (Å²) in [5, 5.41) is 11.1. The van der Waals surface area contributed by atoms with E-state index in [0.717, 1.165) is 38.9 Å². The zero-order valence-electron chi connectivity index (χ0n) is 26.1. The van der Waals surface area contributed by atoms with Gasteiger partial charge in [0.05, 0.1) is 24.5 Å². The van der Waals surface area contributed by atoms with Crippen LogP contribution < -0.4 is 18.9 Å². The highest BCUT2D eigenvalue weighted by Gasteiger charge is 2.48. The fourth-order valence-electron chi connectivity index (χ4n) is 5.57. The Hall–Kier alpha value is -4.18. The predicted molar refractivity (Wildman–Crippen MR) is 174 cm³/mol. The third-order valence-electron chi connectivity index (χ3n) is 8.15. The molecule has 3 aromatic rings. The van der Waals surface area contributed by atoms with Crippen molar-refractivity contribution >= 4 is 40.1 Å². The molecular formula is C36H38ClNO8. The zero-order valence-corrected chi connectivity index (χ0v) is 26.8. The molecule has 0 aliphatic carbocycles. The van der Waals surface area contributed by atoms with E-state index in [-0.39, 0.29) is 17.2 Å². The van der Waals surface area contributed by atoms with Crippen LogP contribution in [0.5, 0.6) is 23.0 Å². The minimum absolute atomic E-state index is 0.124. The lowest BCUT2D eigenvalue weighted by molar-refractivity contribution is -0.170. The number of unbranched alkanes of at least 4 members (excludes halogenated alkanes) is 3. The summed E-state index contributed by atoms with van der Waals surface area (Å²) in [6.45, 7) is 8.25. The quantitative estimate of drug-likeness (QED) is 0.0978. The minimum Gasteiger partial charge on any atom is -0.494 e. The van der Waals surface area contributed by atoms with Gasteiger partial charge in [-0.1, -0.05) is 80.8 Å². The van der Waals surface area contributed by atoms with Gasteiger partial charge in [-0.25, -0.2) is 4.79 Å². The number of rotatable bonds is 13. The second kappa shape index (κ2) is 14.9. The highest BCUT2D eigenvalue weighted by atomic mass is 35.5. The fourth-order valence-corrected chi connectivity index (χ4v) is 5.91. The van der Waals surface area contributed by atoms with Gasteiger partial charge in [0.1, 0.15) is 5.75 Å². The number of aliphatic hydroxyl groups is 1. The molecule has 10 heteroatoms. The van der Waals surface area contributed by atoms with Crippen LogP contribution in [0.4, 0.5) is 0 Å². The van der Waals surface area contributed by atoms with Gasteiger partial charge in [-0.2, -0.15) is 0 Å². The van der Waals surface area contributed by atoms with Crippen LogP contribution in [0.25, 0.3) is 10.6 Å². The van der Waals surface area contributed by atoms with Crippen LogP contribution in [0, 0.1) is 0 Å². The number of esters is 3. The van der Waals surface area contributed by atoms with Crippen LogP contribution in [0.3, 0.4) is 0 Å². The second-order valence-corrected chi connectivity index (χ2v) is 11.7. The van der Waals surface area contributed by atoms with E-state index in [1.54, 1.807) is 6.07 Å². The van der Waals surface area contributed by atoms with Crippen molar-refractivity contribution in [3.05, 3.63) is 83.4 Å². The molecule has 242 valence electrons. The van der Waals surface area contributed by atoms with Crippen molar-refractivity contribution in [1.29, 1.82) is 0 Å². The molecule has 1 atom stereocenters. The summed E-state index contributed by atoms with van der Waals surface area (Å²) in [5.41, 5.74) is -0.277. The lowest BCUT2D eigenvalue weighted by atomic mass is 9.92. The number of halogens is 1. The number of hydrogen-bond donors (Lipinski definition) is 1. The van der Waals surface area contributed by atoms with Gasteiger partial charge in [0.25, 0.3) is 0 Å². The van der Waals surface area contributed by atoms with Crippen LogP contribution in [-0.4, -0.2) is 59.8 Å². The second-order valence-electron chi connectivity index (χ2n) is 11.4. The number of fused-ring (bicyclic) bond motifs is 2. The van der Waals surface area contributed by atoms with E-state index in [1.165, 1.54) is 12.5 Å². The first-order valence-electron chi connectivity index (χ1n) is 15.7. The Morgan fingerprint density at radius 3 is 2.17 bits per heavy atom. The van der Waals surface area contributed by atoms with Gasteiger partial charge in [0.2, 0.25) is 5.75 Å². The molecule has 5 rings (SSSR count). The van der Waals surface area contributed by atoms with Gasteiger partial charge in [-0.3, -0.25) is 9.59 Å². The van der Waals surface area contributed by atoms with Crippen LogP contribution >= 0.6 is 11.6 Å². The van der Waals surface area contributed by atoms with Gasteiger partial charge < -0.3 is 29.0 Å². The monoisotopic (exact) mass is 647 g/mol. The van der Waals surface area contributed by atoms with E-state index in [9.17, 15) is 19.5 Å². The Balaban J connectivity index is 1.44. The summed E-state index contributed by atoms with van der Waals surface area (Å²) >= 11 is 7.07. The number of benzene rings is 3. The van der Waals surface area contributed by atoms with Crippen molar-refractivity contribution in [2.45, 2.75) is 58.0 Å². The highest BCUT2D eigenvalue weighted by Crippen LogP contribution is 2.49. The molecule has 0 saturated heterocycles. The molecule has 1 unspecified atom stereocenters. The SMILES string of the molecule is CCN(CC)CCCCCCOc1ccc(/C(=C(\Cl)c2ccccc2)c2ccc3c4c2OC(=O)CC(O)(CC(=O)O3)C(=O)O4)cc1. The lowest BCUT2D eigenvalue weighted by Crippen LogP contribution is -2.48.